The summed E-state index contributed by atoms with van der Waals surface area (Å²) in [5.74, 6) is -0.805. The van der Waals surface area contributed by atoms with Crippen LogP contribution in [0.5, 0.6) is 0 Å². The van der Waals surface area contributed by atoms with Gasteiger partial charge in [0.15, 0.2) is 0 Å². The average molecular weight is 274 g/mol. The highest BCUT2D eigenvalue weighted by Crippen LogP contribution is 2.11. The molecular weight excluding hydrogens is 263 g/mol. The molecule has 0 aliphatic carbocycles. The lowest BCUT2D eigenvalue weighted by molar-refractivity contribution is -0.145. The number of nitrogen functional groups attached to an aromatic ring is 1. The molecule has 0 radical (unpaired) electrons. The molecule has 20 heavy (non-hydrogen) atoms. The van der Waals surface area contributed by atoms with Gasteiger partial charge in [0.1, 0.15) is 24.8 Å². The Morgan fingerprint density at radius 1 is 1.50 bits per heavy atom. The molecule has 1 heterocycles. The molecule has 0 saturated heterocycles. The van der Waals surface area contributed by atoms with Crippen molar-refractivity contribution < 1.29 is 13.9 Å². The van der Waals surface area contributed by atoms with Gasteiger partial charge in [-0.3, -0.25) is 9.48 Å². The first-order valence-electron chi connectivity index (χ1n) is 5.71. The normalized spacial score (nSPS) is 10.0. The van der Waals surface area contributed by atoms with Crippen molar-refractivity contribution >= 4 is 11.8 Å². The van der Waals surface area contributed by atoms with Gasteiger partial charge in [-0.15, -0.1) is 0 Å². The van der Waals surface area contributed by atoms with E-state index in [2.05, 4.69) is 5.10 Å². The minimum atomic E-state index is -0.574. The Balaban J connectivity index is 1.95. The van der Waals surface area contributed by atoms with Gasteiger partial charge in [-0.1, -0.05) is 0 Å². The predicted molar refractivity (Wildman–Crippen MR) is 67.6 cm³/mol. The van der Waals surface area contributed by atoms with Crippen LogP contribution in [0.3, 0.4) is 0 Å². The van der Waals surface area contributed by atoms with Crippen LogP contribution in [0.4, 0.5) is 10.2 Å². The van der Waals surface area contributed by atoms with E-state index in [1.165, 1.54) is 23.0 Å². The molecule has 0 spiro atoms. The molecule has 0 unspecified atom stereocenters. The van der Waals surface area contributed by atoms with Crippen molar-refractivity contribution in [1.29, 1.82) is 5.26 Å². The van der Waals surface area contributed by atoms with Gasteiger partial charge in [0, 0.05) is 11.8 Å². The van der Waals surface area contributed by atoms with E-state index < -0.39 is 11.8 Å². The summed E-state index contributed by atoms with van der Waals surface area (Å²) >= 11 is 0. The van der Waals surface area contributed by atoms with Crippen LogP contribution < -0.4 is 5.73 Å². The SMILES string of the molecule is N#Cc1ccc(F)c(COC(=O)Cn2ccc(N)n2)c1. The number of esters is 1. The molecule has 0 atom stereocenters. The highest BCUT2D eigenvalue weighted by molar-refractivity contribution is 5.69. The van der Waals surface area contributed by atoms with Crippen molar-refractivity contribution in [3.8, 4) is 6.07 Å². The molecule has 1 aromatic carbocycles. The van der Waals surface area contributed by atoms with E-state index in [-0.39, 0.29) is 18.7 Å². The Kier molecular flexibility index (Phi) is 3.96. The van der Waals surface area contributed by atoms with Crippen LogP contribution in [0.25, 0.3) is 0 Å². The number of nitrogens with zero attached hydrogens (tertiary/aromatic N) is 3. The van der Waals surface area contributed by atoms with Crippen molar-refractivity contribution in [3.63, 3.8) is 0 Å². The number of hydrogen-bond donors (Lipinski definition) is 1. The number of nitriles is 1. The lowest BCUT2D eigenvalue weighted by Gasteiger charge is -2.06. The van der Waals surface area contributed by atoms with Crippen molar-refractivity contribution in [2.45, 2.75) is 13.2 Å². The second kappa shape index (κ2) is 5.84. The number of carbonyl (C=O) groups excluding carboxylic acids is 1. The third kappa shape index (κ3) is 3.32. The van der Waals surface area contributed by atoms with Crippen LogP contribution in [0, 0.1) is 17.1 Å². The van der Waals surface area contributed by atoms with Crippen LogP contribution in [0.1, 0.15) is 11.1 Å². The van der Waals surface area contributed by atoms with Crippen molar-refractivity contribution in [2.24, 2.45) is 0 Å². The molecule has 0 amide bonds. The van der Waals surface area contributed by atoms with Crippen LogP contribution in [-0.4, -0.2) is 15.7 Å². The first-order valence-corrected chi connectivity index (χ1v) is 5.71. The number of anilines is 1. The van der Waals surface area contributed by atoms with Gasteiger partial charge in [0.05, 0.1) is 11.6 Å². The molecule has 0 saturated carbocycles. The largest absolute Gasteiger partial charge is 0.459 e. The van der Waals surface area contributed by atoms with Crippen molar-refractivity contribution in [3.05, 3.63) is 47.4 Å². The standard InChI is InChI=1S/C13H11FN4O2/c14-11-2-1-9(6-15)5-10(11)8-20-13(19)7-18-4-3-12(16)17-18/h1-5H,7-8H2,(H2,16,17). The minimum Gasteiger partial charge on any atom is -0.459 e. The Labute approximate surface area is 114 Å². The van der Waals surface area contributed by atoms with E-state index >= 15 is 0 Å². The maximum atomic E-state index is 13.5. The molecule has 2 aromatic rings. The summed E-state index contributed by atoms with van der Waals surface area (Å²) in [5.41, 5.74) is 5.86. The van der Waals surface area contributed by atoms with Gasteiger partial charge in [0.2, 0.25) is 0 Å². The van der Waals surface area contributed by atoms with Crippen LogP contribution >= 0.6 is 0 Å². The van der Waals surface area contributed by atoms with Crippen LogP contribution in [0.2, 0.25) is 0 Å². The maximum absolute atomic E-state index is 13.5. The summed E-state index contributed by atoms with van der Waals surface area (Å²) in [6.45, 7) is -0.353. The minimum absolute atomic E-state index is 0.114. The van der Waals surface area contributed by atoms with E-state index in [4.69, 9.17) is 15.7 Å². The smallest absolute Gasteiger partial charge is 0.328 e. The van der Waals surface area contributed by atoms with Gasteiger partial charge in [-0.2, -0.15) is 10.4 Å². The molecule has 1 aromatic heterocycles. The summed E-state index contributed by atoms with van der Waals surface area (Å²) < 4.78 is 19.7. The summed E-state index contributed by atoms with van der Waals surface area (Å²) in [7, 11) is 0. The number of hydrogen-bond acceptors (Lipinski definition) is 5. The molecule has 7 heteroatoms. The monoisotopic (exact) mass is 274 g/mol. The molecule has 102 valence electrons. The summed E-state index contributed by atoms with van der Waals surface area (Å²) in [4.78, 5) is 11.5. The highest BCUT2D eigenvalue weighted by atomic mass is 19.1. The Hall–Kier alpha value is -2.88. The van der Waals surface area contributed by atoms with Crippen LogP contribution in [0.15, 0.2) is 30.5 Å². The average Bonchev–Trinajstić information content (AvgIpc) is 2.83. The Bertz CT molecular complexity index is 675. The fourth-order valence-electron chi connectivity index (χ4n) is 1.56. The van der Waals surface area contributed by atoms with E-state index in [0.29, 0.717) is 11.4 Å². The summed E-state index contributed by atoms with van der Waals surface area (Å²) in [6, 6.07) is 7.29. The van der Waals surface area contributed by atoms with E-state index in [0.717, 1.165) is 6.07 Å². The third-order valence-electron chi connectivity index (χ3n) is 2.52. The zero-order valence-electron chi connectivity index (χ0n) is 10.4. The summed E-state index contributed by atoms with van der Waals surface area (Å²) in [5, 5.41) is 12.6. The predicted octanol–water partition coefficient (Wildman–Crippen LogP) is 1.22. The fraction of sp³-hybridized carbons (Fsp3) is 0.154. The first-order chi connectivity index (χ1) is 9.58. The van der Waals surface area contributed by atoms with E-state index in [9.17, 15) is 9.18 Å². The zero-order valence-corrected chi connectivity index (χ0v) is 10.4. The number of ether oxygens (including phenoxy) is 1. The van der Waals surface area contributed by atoms with E-state index in [1.807, 2.05) is 6.07 Å². The lowest BCUT2D eigenvalue weighted by Crippen LogP contribution is -2.14. The van der Waals surface area contributed by atoms with Crippen LogP contribution in [-0.2, 0) is 22.7 Å². The Morgan fingerprint density at radius 2 is 2.30 bits per heavy atom. The first kappa shape index (κ1) is 13.5. The van der Waals surface area contributed by atoms with E-state index in [1.54, 1.807) is 6.07 Å². The third-order valence-corrected chi connectivity index (χ3v) is 2.52. The quantitative estimate of drug-likeness (QED) is 0.846. The fourth-order valence-corrected chi connectivity index (χ4v) is 1.56. The Morgan fingerprint density at radius 3 is 2.95 bits per heavy atom. The molecule has 2 rings (SSSR count). The number of benzene rings is 1. The maximum Gasteiger partial charge on any atom is 0.328 e. The number of nitrogens with two attached hydrogens (primary N) is 1. The number of halogens is 1. The molecule has 0 bridgehead atoms. The molecule has 6 nitrogen and oxygen atoms in total. The number of aromatic nitrogens is 2. The second-order valence-corrected chi connectivity index (χ2v) is 4.02. The molecular formula is C13H11FN4O2. The van der Waals surface area contributed by atoms with Gasteiger partial charge in [-0.05, 0) is 24.3 Å². The second-order valence-electron chi connectivity index (χ2n) is 4.02. The van der Waals surface area contributed by atoms with Gasteiger partial charge >= 0.3 is 5.97 Å². The zero-order chi connectivity index (χ0) is 14.5. The highest BCUT2D eigenvalue weighted by Gasteiger charge is 2.09. The van der Waals surface area contributed by atoms with Gasteiger partial charge < -0.3 is 10.5 Å². The molecule has 0 aliphatic rings. The lowest BCUT2D eigenvalue weighted by atomic mass is 10.1. The van der Waals surface area contributed by atoms with Gasteiger partial charge in [0.25, 0.3) is 0 Å². The van der Waals surface area contributed by atoms with Crippen molar-refractivity contribution in [1.82, 2.24) is 9.78 Å². The molecule has 0 aliphatic heterocycles. The molecule has 2 N–H and O–H groups in total. The number of rotatable bonds is 4. The topological polar surface area (TPSA) is 93.9 Å². The van der Waals surface area contributed by atoms with Gasteiger partial charge in [-0.25, -0.2) is 4.39 Å². The molecule has 0 fully saturated rings. The van der Waals surface area contributed by atoms with Crippen molar-refractivity contribution in [2.75, 3.05) is 5.73 Å². The number of carbonyl (C=O) groups is 1. The summed E-state index contributed by atoms with van der Waals surface area (Å²) in [6.07, 6.45) is 1.54.